The number of carbonyl (C=O) groups is 3. The number of rotatable bonds is 6. The summed E-state index contributed by atoms with van der Waals surface area (Å²) >= 11 is 0. The van der Waals surface area contributed by atoms with Crippen LogP contribution in [0.1, 0.15) is 53.9 Å². The zero-order valence-corrected chi connectivity index (χ0v) is 15.7. The van der Waals surface area contributed by atoms with Gasteiger partial charge in [-0.05, 0) is 33.1 Å². The molecule has 0 aromatic carbocycles. The molecule has 0 saturated carbocycles. The van der Waals surface area contributed by atoms with Gasteiger partial charge in [0.1, 0.15) is 0 Å². The summed E-state index contributed by atoms with van der Waals surface area (Å²) < 4.78 is 0.0259. The normalized spacial score (nSPS) is 27.4. The minimum Gasteiger partial charge on any atom is -0.354 e. The Morgan fingerprint density at radius 2 is 1.88 bits per heavy atom. The van der Waals surface area contributed by atoms with E-state index in [-0.39, 0.29) is 35.2 Å². The average molecular weight is 342 g/mol. The molecule has 0 aromatic heterocycles. The van der Waals surface area contributed by atoms with Crippen molar-refractivity contribution in [3.63, 3.8) is 0 Å². The Morgan fingerprint density at radius 3 is 2.29 bits per heavy atom. The van der Waals surface area contributed by atoms with Gasteiger partial charge in [0.25, 0.3) is 5.91 Å². The zero-order valence-electron chi connectivity index (χ0n) is 15.7. The van der Waals surface area contributed by atoms with E-state index in [2.05, 4.69) is 5.32 Å². The van der Waals surface area contributed by atoms with E-state index in [1.807, 2.05) is 34.6 Å². The van der Waals surface area contributed by atoms with Gasteiger partial charge < -0.3 is 5.32 Å². The molecule has 1 fully saturated rings. The Hall–Kier alpha value is -1.47. The summed E-state index contributed by atoms with van der Waals surface area (Å²) in [6.45, 7) is 10.5. The highest BCUT2D eigenvalue weighted by Gasteiger charge is 2.63. The number of hydrogen-bond acceptors (Lipinski definition) is 4. The van der Waals surface area contributed by atoms with E-state index in [1.54, 1.807) is 12.5 Å². The van der Waals surface area contributed by atoms with Crippen molar-refractivity contribution in [3.8, 4) is 0 Å². The summed E-state index contributed by atoms with van der Waals surface area (Å²) in [5.41, 5.74) is 0.346. The van der Waals surface area contributed by atoms with Crippen LogP contribution >= 0.6 is 0 Å². The number of nitrogens with zero attached hydrogens (tertiary/aromatic N) is 1. The molecule has 2 atom stereocenters. The molecule has 7 nitrogen and oxygen atoms in total. The molecule has 0 spiro atoms. The maximum atomic E-state index is 13.6. The third-order valence-electron chi connectivity index (χ3n) is 5.21. The quantitative estimate of drug-likeness (QED) is 0.384. The van der Waals surface area contributed by atoms with Gasteiger partial charge in [0.2, 0.25) is 5.91 Å². The van der Waals surface area contributed by atoms with E-state index in [4.69, 9.17) is 5.21 Å². The molecule has 138 valence electrons. The molecule has 1 saturated heterocycles. The molecular formula is C17H32N3O4+. The highest BCUT2D eigenvalue weighted by Crippen LogP contribution is 2.48. The van der Waals surface area contributed by atoms with Crippen LogP contribution in [0.15, 0.2) is 0 Å². The second-order valence-corrected chi connectivity index (χ2v) is 8.34. The van der Waals surface area contributed by atoms with Crippen LogP contribution in [0.3, 0.4) is 0 Å². The number of nitrogens with one attached hydrogen (secondary N) is 2. The molecule has 0 bridgehead atoms. The van der Waals surface area contributed by atoms with Crippen LogP contribution in [-0.2, 0) is 14.4 Å². The van der Waals surface area contributed by atoms with Crippen molar-refractivity contribution in [2.75, 3.05) is 20.1 Å². The van der Waals surface area contributed by atoms with Gasteiger partial charge in [0.05, 0.1) is 17.5 Å². The van der Waals surface area contributed by atoms with E-state index in [0.717, 1.165) is 0 Å². The van der Waals surface area contributed by atoms with Crippen molar-refractivity contribution in [3.05, 3.63) is 0 Å². The van der Waals surface area contributed by atoms with Gasteiger partial charge in [-0.15, -0.1) is 0 Å². The maximum absolute atomic E-state index is 13.6. The smallest absolute Gasteiger partial charge is 0.321 e. The summed E-state index contributed by atoms with van der Waals surface area (Å²) in [4.78, 5) is 37.5. The lowest BCUT2D eigenvalue weighted by molar-refractivity contribution is -0.886. The summed E-state index contributed by atoms with van der Waals surface area (Å²) in [7, 11) is 1.56. The van der Waals surface area contributed by atoms with Crippen molar-refractivity contribution in [2.24, 2.45) is 11.3 Å². The van der Waals surface area contributed by atoms with E-state index in [1.165, 1.54) is 0 Å². The fraction of sp³-hybridized carbons (Fsp3) is 0.824. The predicted molar refractivity (Wildman–Crippen MR) is 89.9 cm³/mol. The zero-order chi connectivity index (χ0) is 18.8. The van der Waals surface area contributed by atoms with Crippen molar-refractivity contribution in [2.45, 2.75) is 59.4 Å². The number of hydroxylamine groups is 1. The van der Waals surface area contributed by atoms with Gasteiger partial charge in [0, 0.05) is 19.9 Å². The van der Waals surface area contributed by atoms with Crippen molar-refractivity contribution in [1.82, 2.24) is 10.8 Å². The Bertz CT molecular complexity index is 512. The monoisotopic (exact) mass is 342 g/mol. The summed E-state index contributed by atoms with van der Waals surface area (Å²) in [5.74, 6) is -0.598. The molecule has 0 unspecified atom stereocenters. The second-order valence-electron chi connectivity index (χ2n) is 8.34. The molecule has 0 radical (unpaired) electrons. The van der Waals surface area contributed by atoms with E-state index in [9.17, 15) is 14.4 Å². The summed E-state index contributed by atoms with van der Waals surface area (Å²) in [5, 5.41) is 11.5. The molecule has 1 heterocycles. The van der Waals surface area contributed by atoms with Crippen molar-refractivity contribution < 1.29 is 24.1 Å². The first kappa shape index (κ1) is 20.6. The van der Waals surface area contributed by atoms with Crippen LogP contribution in [0.2, 0.25) is 0 Å². The van der Waals surface area contributed by atoms with Gasteiger partial charge in [-0.2, -0.15) is 0 Å². The van der Waals surface area contributed by atoms with Crippen LogP contribution in [-0.4, -0.2) is 53.1 Å². The van der Waals surface area contributed by atoms with Crippen molar-refractivity contribution >= 4 is 17.7 Å². The van der Waals surface area contributed by atoms with E-state index < -0.39 is 16.9 Å². The fourth-order valence-corrected chi connectivity index (χ4v) is 3.97. The first-order valence-electron chi connectivity index (χ1n) is 8.50. The third kappa shape index (κ3) is 3.78. The Labute approximate surface area is 144 Å². The maximum Gasteiger partial charge on any atom is 0.321 e. The number of amides is 3. The Morgan fingerprint density at radius 1 is 1.29 bits per heavy atom. The first-order valence-corrected chi connectivity index (χ1v) is 8.50. The molecule has 24 heavy (non-hydrogen) atoms. The van der Waals surface area contributed by atoms with Gasteiger partial charge in [-0.3, -0.25) is 14.8 Å². The lowest BCUT2D eigenvalue weighted by Gasteiger charge is -2.44. The topological polar surface area (TPSA) is 95.5 Å². The standard InChI is InChI=1S/C17H31N3O4/c1-12(2)9-17(10-13(21)19-24)7-8-20(15(17)23,16(3,4)5)11-14(22)18-6/h12H,7-11H2,1-6H3,(H2-,18,19,21,22,24)/p+1/t17-,20-/m1/s1. The van der Waals surface area contributed by atoms with Gasteiger partial charge in [-0.1, -0.05) is 13.8 Å². The Kier molecular flexibility index (Phi) is 6.16. The van der Waals surface area contributed by atoms with Gasteiger partial charge in [-0.25, -0.2) is 14.8 Å². The molecule has 3 amide bonds. The minimum absolute atomic E-state index is 0.0259. The van der Waals surface area contributed by atoms with Crippen LogP contribution in [0, 0.1) is 11.3 Å². The Balaban J connectivity index is 3.34. The molecule has 7 heteroatoms. The molecule has 1 rings (SSSR count). The van der Waals surface area contributed by atoms with Crippen LogP contribution < -0.4 is 10.8 Å². The third-order valence-corrected chi connectivity index (χ3v) is 5.21. The molecule has 1 aliphatic rings. The lowest BCUT2D eigenvalue weighted by atomic mass is 9.75. The molecule has 1 aliphatic heterocycles. The number of hydrogen-bond donors (Lipinski definition) is 3. The predicted octanol–water partition coefficient (Wildman–Crippen LogP) is 1.21. The van der Waals surface area contributed by atoms with Crippen LogP contribution in [0.25, 0.3) is 0 Å². The molecular weight excluding hydrogens is 310 g/mol. The molecule has 3 N–H and O–H groups in total. The number of carbonyl (C=O) groups excluding carboxylic acids is 3. The second kappa shape index (κ2) is 7.19. The van der Waals surface area contributed by atoms with Crippen molar-refractivity contribution in [1.29, 1.82) is 0 Å². The van der Waals surface area contributed by atoms with E-state index >= 15 is 0 Å². The van der Waals surface area contributed by atoms with Gasteiger partial charge >= 0.3 is 5.91 Å². The fourth-order valence-electron chi connectivity index (χ4n) is 3.97. The SMILES string of the molecule is CNC(=O)C[N@+]1(C(C)(C)C)CC[C@](CC(=O)NO)(CC(C)C)C1=O. The highest BCUT2D eigenvalue weighted by atomic mass is 16.5. The van der Waals surface area contributed by atoms with Crippen LogP contribution in [0.5, 0.6) is 0 Å². The number of likely N-dealkylation sites (tertiary alicyclic amines) is 1. The first-order chi connectivity index (χ1) is 10.9. The number of quaternary nitrogens is 1. The minimum atomic E-state index is -0.845. The number of likely N-dealkylation sites (N-methyl/N-ethyl adjacent to an activating group) is 1. The lowest BCUT2D eigenvalue weighted by Crippen LogP contribution is -2.65. The average Bonchev–Trinajstić information content (AvgIpc) is 2.72. The summed E-state index contributed by atoms with van der Waals surface area (Å²) in [6, 6.07) is 0. The van der Waals surface area contributed by atoms with Gasteiger partial charge in [0.15, 0.2) is 6.54 Å². The molecule has 0 aromatic rings. The van der Waals surface area contributed by atoms with E-state index in [0.29, 0.717) is 19.4 Å². The largest absolute Gasteiger partial charge is 0.354 e. The summed E-state index contributed by atoms with van der Waals surface area (Å²) in [6.07, 6.45) is 1.04. The highest BCUT2D eigenvalue weighted by molar-refractivity contribution is 5.88. The molecule has 0 aliphatic carbocycles. The van der Waals surface area contributed by atoms with Crippen LogP contribution in [0.4, 0.5) is 0 Å².